The average Bonchev–Trinajstić information content (AvgIpc) is 2.38. The molecule has 0 amide bonds. The molecule has 0 bridgehead atoms. The summed E-state index contributed by atoms with van der Waals surface area (Å²) in [5.74, 6) is 0.689. The Labute approximate surface area is 114 Å². The molecule has 1 aliphatic heterocycles. The van der Waals surface area contributed by atoms with Crippen molar-refractivity contribution in [2.24, 2.45) is 0 Å². The molecule has 0 spiro atoms. The van der Waals surface area contributed by atoms with Crippen LogP contribution in [0.2, 0.25) is 0 Å². The highest BCUT2D eigenvalue weighted by molar-refractivity contribution is 7.89. The number of rotatable bonds is 3. The number of sulfonamides is 1. The molecule has 0 aliphatic carbocycles. The van der Waals surface area contributed by atoms with Gasteiger partial charge in [0.25, 0.3) is 0 Å². The van der Waals surface area contributed by atoms with Gasteiger partial charge in [-0.3, -0.25) is 0 Å². The van der Waals surface area contributed by atoms with Crippen LogP contribution in [0.4, 0.5) is 0 Å². The Bertz CT molecular complexity index is 540. The molecule has 106 valence electrons. The van der Waals surface area contributed by atoms with Gasteiger partial charge in [0.1, 0.15) is 5.75 Å². The quantitative estimate of drug-likeness (QED) is 0.896. The fourth-order valence-electron chi connectivity index (χ4n) is 2.45. The van der Waals surface area contributed by atoms with E-state index in [2.05, 4.69) is 5.32 Å². The van der Waals surface area contributed by atoms with E-state index in [9.17, 15) is 8.42 Å². The molecular formula is C13H20N2O3S. The highest BCUT2D eigenvalue weighted by Crippen LogP contribution is 2.28. The molecule has 1 aliphatic rings. The molecule has 1 heterocycles. The summed E-state index contributed by atoms with van der Waals surface area (Å²) in [6.45, 7) is 6.07. The van der Waals surface area contributed by atoms with E-state index in [0.29, 0.717) is 36.8 Å². The Balaban J connectivity index is 2.45. The standard InChI is InChI=1S/C13H20N2O3S/c1-10-8-12(18-3)9-11(2)13(10)19(16,17)15-6-4-14-5-7-15/h8-9,14H,4-7H2,1-3H3. The Hall–Kier alpha value is -1.11. The molecule has 19 heavy (non-hydrogen) atoms. The number of nitrogens with zero attached hydrogens (tertiary/aromatic N) is 1. The molecule has 6 heteroatoms. The molecule has 0 aromatic heterocycles. The van der Waals surface area contributed by atoms with Crippen molar-refractivity contribution >= 4 is 10.0 Å². The monoisotopic (exact) mass is 284 g/mol. The van der Waals surface area contributed by atoms with Crippen LogP contribution in [0.3, 0.4) is 0 Å². The molecule has 1 saturated heterocycles. The molecular weight excluding hydrogens is 264 g/mol. The molecule has 0 unspecified atom stereocenters. The Morgan fingerprint density at radius 3 is 2.16 bits per heavy atom. The van der Waals surface area contributed by atoms with E-state index in [-0.39, 0.29) is 0 Å². The van der Waals surface area contributed by atoms with Crippen LogP contribution in [-0.4, -0.2) is 46.0 Å². The van der Waals surface area contributed by atoms with Crippen LogP contribution in [0.15, 0.2) is 17.0 Å². The molecule has 5 nitrogen and oxygen atoms in total. The summed E-state index contributed by atoms with van der Waals surface area (Å²) in [6, 6.07) is 3.53. The Kier molecular flexibility index (Phi) is 4.13. The summed E-state index contributed by atoms with van der Waals surface area (Å²) in [4.78, 5) is 0.412. The molecule has 1 aromatic rings. The van der Waals surface area contributed by atoms with Crippen molar-refractivity contribution in [3.63, 3.8) is 0 Å². The van der Waals surface area contributed by atoms with Crippen molar-refractivity contribution in [2.45, 2.75) is 18.7 Å². The number of piperazine rings is 1. The normalized spacial score (nSPS) is 17.4. The molecule has 0 atom stereocenters. The van der Waals surface area contributed by atoms with Crippen molar-refractivity contribution in [1.29, 1.82) is 0 Å². The highest BCUT2D eigenvalue weighted by atomic mass is 32.2. The first-order chi connectivity index (χ1) is 8.96. The zero-order chi connectivity index (χ0) is 14.0. The lowest BCUT2D eigenvalue weighted by Gasteiger charge is -2.28. The first kappa shape index (κ1) is 14.3. The third-order valence-corrected chi connectivity index (χ3v) is 5.55. The predicted octanol–water partition coefficient (Wildman–Crippen LogP) is 0.906. The molecule has 1 fully saturated rings. The summed E-state index contributed by atoms with van der Waals surface area (Å²) in [6.07, 6.45) is 0. The van der Waals surface area contributed by atoms with Gasteiger partial charge in [0.2, 0.25) is 10.0 Å². The van der Waals surface area contributed by atoms with Gasteiger partial charge in [-0.15, -0.1) is 0 Å². The van der Waals surface area contributed by atoms with Crippen molar-refractivity contribution in [1.82, 2.24) is 9.62 Å². The fourth-order valence-corrected chi connectivity index (χ4v) is 4.30. The Morgan fingerprint density at radius 1 is 1.16 bits per heavy atom. The number of methoxy groups -OCH3 is 1. The molecule has 1 N–H and O–H groups in total. The van der Waals surface area contributed by atoms with Gasteiger partial charge in [0.15, 0.2) is 0 Å². The second-order valence-corrected chi connectivity index (χ2v) is 6.62. The van der Waals surface area contributed by atoms with Gasteiger partial charge < -0.3 is 10.1 Å². The lowest BCUT2D eigenvalue weighted by molar-refractivity contribution is 0.359. The van der Waals surface area contributed by atoms with Crippen LogP contribution < -0.4 is 10.1 Å². The molecule has 2 rings (SSSR count). The first-order valence-corrected chi connectivity index (χ1v) is 7.77. The predicted molar refractivity (Wildman–Crippen MR) is 74.1 cm³/mol. The first-order valence-electron chi connectivity index (χ1n) is 6.33. The SMILES string of the molecule is COc1cc(C)c(S(=O)(=O)N2CCNCC2)c(C)c1. The third-order valence-electron chi connectivity index (χ3n) is 3.34. The van der Waals surface area contributed by atoms with Gasteiger partial charge in [-0.05, 0) is 37.1 Å². The average molecular weight is 284 g/mol. The minimum Gasteiger partial charge on any atom is -0.497 e. The van der Waals surface area contributed by atoms with Crippen LogP contribution in [0.5, 0.6) is 5.75 Å². The summed E-state index contributed by atoms with van der Waals surface area (Å²) < 4.78 is 32.1. The Morgan fingerprint density at radius 2 is 1.68 bits per heavy atom. The third kappa shape index (κ3) is 2.75. The number of aryl methyl sites for hydroxylation is 2. The zero-order valence-corrected chi connectivity index (χ0v) is 12.4. The second-order valence-electron chi connectivity index (χ2n) is 4.74. The van der Waals surface area contributed by atoms with E-state index in [0.717, 1.165) is 11.1 Å². The minimum atomic E-state index is -3.41. The maximum absolute atomic E-state index is 12.7. The maximum atomic E-state index is 12.7. The number of benzene rings is 1. The van der Waals surface area contributed by atoms with Crippen LogP contribution >= 0.6 is 0 Å². The smallest absolute Gasteiger partial charge is 0.243 e. The molecule has 0 radical (unpaired) electrons. The molecule has 1 aromatic carbocycles. The maximum Gasteiger partial charge on any atom is 0.243 e. The molecule has 0 saturated carbocycles. The highest BCUT2D eigenvalue weighted by Gasteiger charge is 2.28. The largest absolute Gasteiger partial charge is 0.497 e. The fraction of sp³-hybridized carbons (Fsp3) is 0.538. The summed E-state index contributed by atoms with van der Waals surface area (Å²) in [5, 5.41) is 3.16. The van der Waals surface area contributed by atoms with Crippen molar-refractivity contribution < 1.29 is 13.2 Å². The second kappa shape index (κ2) is 5.48. The van der Waals surface area contributed by atoms with Gasteiger partial charge in [-0.25, -0.2) is 8.42 Å². The van der Waals surface area contributed by atoms with E-state index in [1.807, 2.05) is 13.8 Å². The van der Waals surface area contributed by atoms with E-state index in [4.69, 9.17) is 4.74 Å². The number of ether oxygens (including phenoxy) is 1. The van der Waals surface area contributed by atoms with Crippen molar-refractivity contribution in [3.8, 4) is 5.75 Å². The zero-order valence-electron chi connectivity index (χ0n) is 11.6. The number of hydrogen-bond acceptors (Lipinski definition) is 4. The summed E-state index contributed by atoms with van der Waals surface area (Å²) >= 11 is 0. The van der Waals surface area contributed by atoms with Crippen molar-refractivity contribution in [3.05, 3.63) is 23.3 Å². The van der Waals surface area contributed by atoms with Gasteiger partial charge in [-0.1, -0.05) is 0 Å². The number of hydrogen-bond donors (Lipinski definition) is 1. The lowest BCUT2D eigenvalue weighted by atomic mass is 10.1. The van der Waals surface area contributed by atoms with E-state index < -0.39 is 10.0 Å². The van der Waals surface area contributed by atoms with Crippen molar-refractivity contribution in [2.75, 3.05) is 33.3 Å². The summed E-state index contributed by atoms with van der Waals surface area (Å²) in [7, 11) is -1.83. The lowest BCUT2D eigenvalue weighted by Crippen LogP contribution is -2.46. The number of nitrogens with one attached hydrogen (secondary N) is 1. The van der Waals surface area contributed by atoms with Gasteiger partial charge in [0, 0.05) is 26.2 Å². The van der Waals surface area contributed by atoms with Gasteiger partial charge >= 0.3 is 0 Å². The van der Waals surface area contributed by atoms with Gasteiger partial charge in [0.05, 0.1) is 12.0 Å². The van der Waals surface area contributed by atoms with Crippen LogP contribution in [0.1, 0.15) is 11.1 Å². The minimum absolute atomic E-state index is 0.412. The van der Waals surface area contributed by atoms with Crippen LogP contribution in [0, 0.1) is 13.8 Å². The van der Waals surface area contributed by atoms with E-state index in [1.54, 1.807) is 23.5 Å². The topological polar surface area (TPSA) is 58.6 Å². The van der Waals surface area contributed by atoms with Crippen LogP contribution in [0.25, 0.3) is 0 Å². The van der Waals surface area contributed by atoms with Crippen LogP contribution in [-0.2, 0) is 10.0 Å². The van der Waals surface area contributed by atoms with E-state index in [1.165, 1.54) is 0 Å². The summed E-state index contributed by atoms with van der Waals surface area (Å²) in [5.41, 5.74) is 1.46. The van der Waals surface area contributed by atoms with E-state index >= 15 is 0 Å². The van der Waals surface area contributed by atoms with Gasteiger partial charge in [-0.2, -0.15) is 4.31 Å².